The van der Waals surface area contributed by atoms with Crippen LogP contribution in [0.4, 0.5) is 4.39 Å². The molecule has 0 aliphatic carbocycles. The van der Waals surface area contributed by atoms with Crippen molar-refractivity contribution in [3.05, 3.63) is 45.3 Å². The molecule has 1 unspecified atom stereocenters. The van der Waals surface area contributed by atoms with Gasteiger partial charge < -0.3 is 9.84 Å². The maximum absolute atomic E-state index is 14.7. The Labute approximate surface area is 149 Å². The van der Waals surface area contributed by atoms with Gasteiger partial charge in [-0.3, -0.25) is 4.90 Å². The topological polar surface area (TPSA) is 62.9 Å². The Morgan fingerprint density at radius 3 is 2.83 bits per heavy atom. The van der Waals surface area contributed by atoms with Gasteiger partial charge in [-0.1, -0.05) is 33.3 Å². The number of rotatable bonds is 3. The van der Waals surface area contributed by atoms with Crippen LogP contribution in [0.15, 0.2) is 29.0 Å². The van der Waals surface area contributed by atoms with Gasteiger partial charge in [-0.25, -0.2) is 9.37 Å². The molecule has 1 aliphatic rings. The van der Waals surface area contributed by atoms with Crippen molar-refractivity contribution >= 4 is 32.2 Å². The zero-order valence-electron chi connectivity index (χ0n) is 12.5. The Balaban J connectivity index is 1.86. The molecule has 0 radical (unpaired) electrons. The molecule has 4 rings (SSSR count). The van der Waals surface area contributed by atoms with Gasteiger partial charge in [0.1, 0.15) is 12.1 Å². The minimum absolute atomic E-state index is 0.00584. The van der Waals surface area contributed by atoms with Gasteiger partial charge in [0.15, 0.2) is 0 Å². The first-order valence-corrected chi connectivity index (χ1v) is 9.04. The highest BCUT2D eigenvalue weighted by Crippen LogP contribution is 2.41. The highest BCUT2D eigenvalue weighted by Gasteiger charge is 2.32. The quantitative estimate of drug-likeness (QED) is 0.716. The SMILES string of the molecule is Oc1c(C(c2ccc(Br)cc2F)N2CCOCC2)sc2ncnn12. The van der Waals surface area contributed by atoms with Gasteiger partial charge in [0.2, 0.25) is 10.8 Å². The Hall–Kier alpha value is -1.55. The first kappa shape index (κ1) is 15.9. The van der Waals surface area contributed by atoms with Crippen LogP contribution in [0.2, 0.25) is 0 Å². The third-order valence-corrected chi connectivity index (χ3v) is 5.63. The summed E-state index contributed by atoms with van der Waals surface area (Å²) < 4.78 is 22.1. The number of hydrogen-bond acceptors (Lipinski definition) is 6. The van der Waals surface area contributed by atoms with Crippen molar-refractivity contribution in [1.82, 2.24) is 19.5 Å². The zero-order valence-corrected chi connectivity index (χ0v) is 14.9. The number of nitrogens with zero attached hydrogens (tertiary/aromatic N) is 4. The number of fused-ring (bicyclic) bond motifs is 1. The highest BCUT2D eigenvalue weighted by atomic mass is 79.9. The number of halogens is 2. The molecule has 2 aromatic heterocycles. The second-order valence-electron chi connectivity index (χ2n) is 5.46. The fourth-order valence-electron chi connectivity index (χ4n) is 2.93. The van der Waals surface area contributed by atoms with Gasteiger partial charge in [0.05, 0.1) is 24.1 Å². The van der Waals surface area contributed by atoms with Crippen LogP contribution in [0.3, 0.4) is 0 Å². The predicted molar refractivity (Wildman–Crippen MR) is 90.9 cm³/mol. The average molecular weight is 413 g/mol. The van der Waals surface area contributed by atoms with E-state index in [9.17, 15) is 9.50 Å². The van der Waals surface area contributed by atoms with Crippen LogP contribution in [0.25, 0.3) is 4.96 Å². The second-order valence-corrected chi connectivity index (χ2v) is 7.39. The lowest BCUT2D eigenvalue weighted by molar-refractivity contribution is 0.0235. The first-order valence-electron chi connectivity index (χ1n) is 7.43. The molecule has 1 N–H and O–H groups in total. The number of aromatic hydroxyl groups is 1. The Bertz CT molecular complexity index is 878. The summed E-state index contributed by atoms with van der Waals surface area (Å²) in [4.78, 5) is 7.45. The van der Waals surface area contributed by atoms with Crippen molar-refractivity contribution in [3.63, 3.8) is 0 Å². The van der Waals surface area contributed by atoms with Crippen LogP contribution in [-0.4, -0.2) is 50.9 Å². The summed E-state index contributed by atoms with van der Waals surface area (Å²) in [5, 5.41) is 14.6. The average Bonchev–Trinajstić information content (AvgIpc) is 3.15. The summed E-state index contributed by atoms with van der Waals surface area (Å²) >= 11 is 4.61. The van der Waals surface area contributed by atoms with E-state index in [-0.39, 0.29) is 11.7 Å². The third kappa shape index (κ3) is 2.71. The van der Waals surface area contributed by atoms with Gasteiger partial charge in [0.25, 0.3) is 0 Å². The molecule has 3 aromatic rings. The largest absolute Gasteiger partial charge is 0.492 e. The van der Waals surface area contributed by atoms with Gasteiger partial charge >= 0.3 is 0 Å². The van der Waals surface area contributed by atoms with Crippen LogP contribution in [0.5, 0.6) is 5.88 Å². The first-order chi connectivity index (χ1) is 11.6. The fourth-order valence-corrected chi connectivity index (χ4v) is 4.35. The summed E-state index contributed by atoms with van der Waals surface area (Å²) in [6, 6.07) is 4.58. The van der Waals surface area contributed by atoms with Gasteiger partial charge in [-0.2, -0.15) is 9.61 Å². The van der Waals surface area contributed by atoms with E-state index in [1.54, 1.807) is 12.1 Å². The molecule has 126 valence electrons. The van der Waals surface area contributed by atoms with E-state index < -0.39 is 6.04 Å². The number of hydrogen-bond donors (Lipinski definition) is 1. The Kier molecular flexibility index (Phi) is 4.25. The lowest BCUT2D eigenvalue weighted by atomic mass is 10.0. The molecular formula is C15H14BrFN4O2S. The predicted octanol–water partition coefficient (Wildman–Crippen LogP) is 2.82. The van der Waals surface area contributed by atoms with Gasteiger partial charge in [-0.05, 0) is 12.1 Å². The van der Waals surface area contributed by atoms with Crippen molar-refractivity contribution in [2.24, 2.45) is 0 Å². The molecule has 6 nitrogen and oxygen atoms in total. The molecule has 0 saturated carbocycles. The molecule has 1 atom stereocenters. The normalized spacial score (nSPS) is 17.4. The van der Waals surface area contributed by atoms with Crippen molar-refractivity contribution in [2.45, 2.75) is 6.04 Å². The highest BCUT2D eigenvalue weighted by molar-refractivity contribution is 9.10. The fraction of sp³-hybridized carbons (Fsp3) is 0.333. The van der Waals surface area contributed by atoms with E-state index in [0.717, 1.165) is 0 Å². The standard InChI is InChI=1S/C15H14BrFN4O2S/c16-9-1-2-10(11(17)7-9)12(20-3-5-23-6-4-20)13-14(22)21-15(24-13)18-8-19-21/h1-2,7-8,12,22H,3-6H2. The summed E-state index contributed by atoms with van der Waals surface area (Å²) in [5.41, 5.74) is 0.514. The molecule has 1 aromatic carbocycles. The van der Waals surface area contributed by atoms with Gasteiger partial charge in [-0.15, -0.1) is 0 Å². The maximum Gasteiger partial charge on any atom is 0.230 e. The van der Waals surface area contributed by atoms with Crippen molar-refractivity contribution in [3.8, 4) is 5.88 Å². The van der Waals surface area contributed by atoms with E-state index in [0.29, 0.717) is 46.2 Å². The summed E-state index contributed by atoms with van der Waals surface area (Å²) in [7, 11) is 0. The smallest absolute Gasteiger partial charge is 0.230 e. The van der Waals surface area contributed by atoms with Crippen molar-refractivity contribution in [2.75, 3.05) is 26.3 Å². The molecule has 24 heavy (non-hydrogen) atoms. The third-order valence-electron chi connectivity index (χ3n) is 4.05. The molecule has 0 amide bonds. The number of aromatic nitrogens is 3. The molecule has 1 fully saturated rings. The molecule has 9 heteroatoms. The lowest BCUT2D eigenvalue weighted by Gasteiger charge is -2.34. The zero-order chi connectivity index (χ0) is 16.7. The van der Waals surface area contributed by atoms with Crippen molar-refractivity contribution < 1.29 is 14.2 Å². The minimum Gasteiger partial charge on any atom is -0.492 e. The minimum atomic E-state index is -0.407. The summed E-state index contributed by atoms with van der Waals surface area (Å²) in [5.74, 6) is -0.314. The van der Waals surface area contributed by atoms with E-state index in [1.807, 2.05) is 0 Å². The van der Waals surface area contributed by atoms with Crippen molar-refractivity contribution in [1.29, 1.82) is 0 Å². The van der Waals surface area contributed by atoms with Crippen LogP contribution in [-0.2, 0) is 4.74 Å². The molecule has 1 aliphatic heterocycles. The van der Waals surface area contributed by atoms with Crippen LogP contribution >= 0.6 is 27.3 Å². The van der Waals surface area contributed by atoms with Crippen LogP contribution < -0.4 is 0 Å². The molecule has 0 spiro atoms. The Morgan fingerprint density at radius 2 is 2.12 bits per heavy atom. The molecular weight excluding hydrogens is 399 g/mol. The van der Waals surface area contributed by atoms with E-state index in [4.69, 9.17) is 4.74 Å². The van der Waals surface area contributed by atoms with E-state index in [2.05, 4.69) is 30.9 Å². The van der Waals surface area contributed by atoms with E-state index in [1.165, 1.54) is 28.2 Å². The molecule has 0 bridgehead atoms. The number of ether oxygens (including phenoxy) is 1. The number of morpholine rings is 1. The molecule has 1 saturated heterocycles. The van der Waals surface area contributed by atoms with Gasteiger partial charge in [0, 0.05) is 23.1 Å². The maximum atomic E-state index is 14.7. The summed E-state index contributed by atoms with van der Waals surface area (Å²) in [6.45, 7) is 2.48. The lowest BCUT2D eigenvalue weighted by Crippen LogP contribution is -2.39. The molecule has 3 heterocycles. The van der Waals surface area contributed by atoms with E-state index >= 15 is 0 Å². The number of thiazole rings is 1. The Morgan fingerprint density at radius 1 is 1.33 bits per heavy atom. The summed E-state index contributed by atoms with van der Waals surface area (Å²) in [6.07, 6.45) is 1.39. The van der Waals surface area contributed by atoms with Crippen LogP contribution in [0.1, 0.15) is 16.5 Å². The monoisotopic (exact) mass is 412 g/mol. The second kappa shape index (κ2) is 6.40. The number of benzene rings is 1. The van der Waals surface area contributed by atoms with Crippen LogP contribution in [0, 0.1) is 5.82 Å².